The molecule has 3 aromatic heterocycles. The Morgan fingerprint density at radius 1 is 1.24 bits per heavy atom. The number of nitrogen functional groups attached to an aromatic ring is 1. The summed E-state index contributed by atoms with van der Waals surface area (Å²) in [5.74, 6) is -0.423. The normalized spacial score (nSPS) is 20.1. The Morgan fingerprint density at radius 3 is 2.62 bits per heavy atom. The van der Waals surface area contributed by atoms with E-state index in [9.17, 15) is 18.0 Å². The van der Waals surface area contributed by atoms with E-state index in [-0.39, 0.29) is 34.1 Å². The van der Waals surface area contributed by atoms with Crippen molar-refractivity contribution in [1.29, 1.82) is 0 Å². The molecule has 0 bridgehead atoms. The second kappa shape index (κ2) is 7.41. The third-order valence-corrected chi connectivity index (χ3v) is 5.83. The number of hydrogen-bond acceptors (Lipinski definition) is 7. The van der Waals surface area contributed by atoms with E-state index in [4.69, 9.17) is 17.3 Å². The third kappa shape index (κ3) is 3.99. The van der Waals surface area contributed by atoms with E-state index >= 15 is 0 Å². The topological polar surface area (TPSA) is 112 Å². The van der Waals surface area contributed by atoms with Crippen LogP contribution in [0.25, 0.3) is 11.2 Å². The number of anilines is 2. The van der Waals surface area contributed by atoms with Crippen molar-refractivity contribution < 1.29 is 18.0 Å². The lowest BCUT2D eigenvalue weighted by Gasteiger charge is -2.28. The van der Waals surface area contributed by atoms with Gasteiger partial charge in [-0.05, 0) is 37.3 Å². The van der Waals surface area contributed by atoms with E-state index in [0.717, 1.165) is 16.7 Å². The molecule has 3 N–H and O–H groups in total. The van der Waals surface area contributed by atoms with Crippen molar-refractivity contribution in [3.63, 3.8) is 0 Å². The summed E-state index contributed by atoms with van der Waals surface area (Å²) in [5.41, 5.74) is 5.83. The summed E-state index contributed by atoms with van der Waals surface area (Å²) in [4.78, 5) is 28.2. The van der Waals surface area contributed by atoms with Gasteiger partial charge in [-0.1, -0.05) is 0 Å². The molecule has 0 radical (unpaired) electrons. The quantitative estimate of drug-likeness (QED) is 0.591. The van der Waals surface area contributed by atoms with Crippen LogP contribution in [-0.4, -0.2) is 30.4 Å². The lowest BCUT2D eigenvalue weighted by molar-refractivity contribution is -0.140. The highest BCUT2D eigenvalue weighted by Gasteiger charge is 2.34. The Balaban J connectivity index is 1.41. The number of hydrogen-bond donors (Lipinski definition) is 2. The van der Waals surface area contributed by atoms with Gasteiger partial charge in [-0.2, -0.15) is 23.1 Å². The largest absolute Gasteiger partial charge is 0.434 e. The molecule has 0 spiro atoms. The van der Waals surface area contributed by atoms with E-state index in [2.05, 4.69) is 25.3 Å². The zero-order chi connectivity index (χ0) is 20.8. The third-order valence-electron chi connectivity index (χ3n) is 4.91. The molecule has 3 aromatic rings. The molecule has 1 aliphatic carbocycles. The number of alkyl halides is 3. The number of imidazole rings is 1. The first kappa shape index (κ1) is 19.8. The van der Waals surface area contributed by atoms with Crippen LogP contribution < -0.4 is 11.1 Å². The highest BCUT2D eigenvalue weighted by Crippen LogP contribution is 2.36. The molecular formula is C16H15ClF3N7OS. The van der Waals surface area contributed by atoms with Crippen LogP contribution in [0.2, 0.25) is 5.28 Å². The van der Waals surface area contributed by atoms with Crippen LogP contribution in [0.4, 0.5) is 24.1 Å². The lowest BCUT2D eigenvalue weighted by atomic mass is 9.85. The van der Waals surface area contributed by atoms with Crippen molar-refractivity contribution >= 4 is 51.0 Å². The summed E-state index contributed by atoms with van der Waals surface area (Å²) in [7, 11) is 0. The molecule has 13 heteroatoms. The molecule has 1 fully saturated rings. The molecule has 29 heavy (non-hydrogen) atoms. The molecule has 0 aromatic carbocycles. The van der Waals surface area contributed by atoms with Gasteiger partial charge >= 0.3 is 6.18 Å². The second-order valence-corrected chi connectivity index (χ2v) is 7.93. The average molecular weight is 446 g/mol. The van der Waals surface area contributed by atoms with E-state index < -0.39 is 11.9 Å². The van der Waals surface area contributed by atoms with Gasteiger partial charge in [0.2, 0.25) is 11.2 Å². The van der Waals surface area contributed by atoms with Crippen molar-refractivity contribution in [3.8, 4) is 0 Å². The number of nitrogens with zero attached hydrogens (tertiary/aromatic N) is 5. The van der Waals surface area contributed by atoms with E-state index in [1.165, 1.54) is 0 Å². The molecule has 0 atom stereocenters. The molecule has 1 amide bonds. The first-order chi connectivity index (χ1) is 13.7. The van der Waals surface area contributed by atoms with Gasteiger partial charge in [0.15, 0.2) is 22.3 Å². The SMILES string of the molecule is Nc1nc(Cl)nc2c1ncn2[C@H]1CC[C@@H](C(=O)Nc2nc(C(F)(F)F)cs2)CC1. The molecule has 1 aliphatic rings. The molecular weight excluding hydrogens is 431 g/mol. The summed E-state index contributed by atoms with van der Waals surface area (Å²) in [6.45, 7) is 0. The maximum absolute atomic E-state index is 12.6. The number of rotatable bonds is 3. The molecule has 0 saturated heterocycles. The van der Waals surface area contributed by atoms with Crippen LogP contribution in [0.5, 0.6) is 0 Å². The fraction of sp³-hybridized carbons (Fsp3) is 0.438. The number of amides is 1. The standard InChI is InChI=1S/C16H15ClF3N7OS/c17-14-24-11(21)10-12(25-14)27(6-22-10)8-3-1-7(2-4-8)13(28)26-15-23-9(5-29-15)16(18,19)20/h5-8H,1-4H2,(H2,21,24,25)(H,23,26,28)/t7-,8+. The first-order valence-electron chi connectivity index (χ1n) is 8.71. The van der Waals surface area contributed by atoms with Gasteiger partial charge in [0.25, 0.3) is 0 Å². The lowest BCUT2D eigenvalue weighted by Crippen LogP contribution is -2.28. The maximum Gasteiger partial charge on any atom is 0.434 e. The predicted molar refractivity (Wildman–Crippen MR) is 101 cm³/mol. The number of nitrogens with one attached hydrogen (secondary N) is 1. The molecule has 0 aliphatic heterocycles. The van der Waals surface area contributed by atoms with Crippen molar-refractivity contribution in [2.24, 2.45) is 5.92 Å². The molecule has 1 saturated carbocycles. The number of halogens is 4. The zero-order valence-corrected chi connectivity index (χ0v) is 16.4. The van der Waals surface area contributed by atoms with Crippen molar-refractivity contribution in [1.82, 2.24) is 24.5 Å². The van der Waals surface area contributed by atoms with E-state index in [1.54, 1.807) is 6.33 Å². The van der Waals surface area contributed by atoms with Gasteiger partial charge in [0.05, 0.1) is 6.33 Å². The molecule has 4 rings (SSSR count). The molecule has 154 valence electrons. The highest BCUT2D eigenvalue weighted by atomic mass is 35.5. The fourth-order valence-corrected chi connectivity index (χ4v) is 4.35. The van der Waals surface area contributed by atoms with Crippen LogP contribution in [0.1, 0.15) is 37.4 Å². The summed E-state index contributed by atoms with van der Waals surface area (Å²) in [6.07, 6.45) is -0.399. The van der Waals surface area contributed by atoms with Crippen molar-refractivity contribution in [2.75, 3.05) is 11.1 Å². The molecule has 8 nitrogen and oxygen atoms in total. The van der Waals surface area contributed by atoms with E-state index in [1.807, 2.05) is 4.57 Å². The Hall–Kier alpha value is -2.47. The number of thiazole rings is 1. The van der Waals surface area contributed by atoms with Gasteiger partial charge in [0, 0.05) is 17.3 Å². The Bertz CT molecular complexity index is 1060. The monoisotopic (exact) mass is 445 g/mol. The Kier molecular flexibility index (Phi) is 5.07. The minimum absolute atomic E-state index is 0.0338. The predicted octanol–water partition coefficient (Wildman–Crippen LogP) is 3.91. The summed E-state index contributed by atoms with van der Waals surface area (Å²) in [6, 6.07) is 0.0612. The number of carbonyl (C=O) groups is 1. The van der Waals surface area contributed by atoms with Gasteiger partial charge < -0.3 is 15.6 Å². The van der Waals surface area contributed by atoms with Crippen LogP contribution in [0.15, 0.2) is 11.7 Å². The van der Waals surface area contributed by atoms with Crippen molar-refractivity contribution in [2.45, 2.75) is 37.9 Å². The average Bonchev–Trinajstić information content (AvgIpc) is 3.29. The zero-order valence-electron chi connectivity index (χ0n) is 14.8. The smallest absolute Gasteiger partial charge is 0.382 e. The van der Waals surface area contributed by atoms with Gasteiger partial charge in [-0.25, -0.2) is 9.97 Å². The second-order valence-electron chi connectivity index (χ2n) is 6.73. The van der Waals surface area contributed by atoms with Gasteiger partial charge in [-0.3, -0.25) is 4.79 Å². The van der Waals surface area contributed by atoms with Crippen LogP contribution in [0, 0.1) is 5.92 Å². The summed E-state index contributed by atoms with van der Waals surface area (Å²) < 4.78 is 39.8. The van der Waals surface area contributed by atoms with Crippen LogP contribution in [0.3, 0.4) is 0 Å². The van der Waals surface area contributed by atoms with Crippen molar-refractivity contribution in [3.05, 3.63) is 22.7 Å². The Labute approximate surface area is 171 Å². The first-order valence-corrected chi connectivity index (χ1v) is 9.97. The van der Waals surface area contributed by atoms with E-state index in [0.29, 0.717) is 36.8 Å². The number of nitrogens with two attached hydrogens (primary N) is 1. The number of carbonyl (C=O) groups excluding carboxylic acids is 1. The van der Waals surface area contributed by atoms with Gasteiger partial charge in [0.1, 0.15) is 5.52 Å². The van der Waals surface area contributed by atoms with Crippen LogP contribution in [-0.2, 0) is 11.0 Å². The minimum atomic E-state index is -4.53. The van der Waals surface area contributed by atoms with Gasteiger partial charge in [-0.15, -0.1) is 11.3 Å². The maximum atomic E-state index is 12.6. The molecule has 0 unspecified atom stereocenters. The summed E-state index contributed by atoms with van der Waals surface area (Å²) >= 11 is 6.65. The number of aromatic nitrogens is 5. The van der Waals surface area contributed by atoms with Crippen LogP contribution >= 0.6 is 22.9 Å². The Morgan fingerprint density at radius 2 is 1.97 bits per heavy atom. The highest BCUT2D eigenvalue weighted by molar-refractivity contribution is 7.13. The fourth-order valence-electron chi connectivity index (χ4n) is 3.46. The summed E-state index contributed by atoms with van der Waals surface area (Å²) in [5, 5.41) is 3.36. The number of fused-ring (bicyclic) bond motifs is 1. The molecule has 3 heterocycles. The minimum Gasteiger partial charge on any atom is -0.382 e.